The van der Waals surface area contributed by atoms with E-state index in [1.54, 1.807) is 20.2 Å². The molecule has 1 atom stereocenters. The molecule has 0 radical (unpaired) electrons. The van der Waals surface area contributed by atoms with Gasteiger partial charge in [-0.25, -0.2) is 4.99 Å². The molecule has 29 heavy (non-hydrogen) atoms. The highest BCUT2D eigenvalue weighted by Gasteiger charge is 2.31. The second kappa shape index (κ2) is 11.3. The van der Waals surface area contributed by atoms with Crippen molar-refractivity contribution in [2.45, 2.75) is 37.2 Å². The Kier molecular flexibility index (Phi) is 10.1. The molecule has 1 aromatic carbocycles. The van der Waals surface area contributed by atoms with Gasteiger partial charge in [-0.1, -0.05) is 12.1 Å². The van der Waals surface area contributed by atoms with E-state index in [0.717, 1.165) is 30.7 Å². The molecule has 1 amide bonds. The number of guanidine groups is 1. The maximum Gasteiger partial charge on any atom is 0.416 e. The molecule has 1 aliphatic heterocycles. The molecule has 1 saturated heterocycles. The molecule has 10 heteroatoms. The number of carbonyl (C=O) groups excluding carboxylic acids is 1. The van der Waals surface area contributed by atoms with Crippen molar-refractivity contribution in [3.63, 3.8) is 0 Å². The Morgan fingerprint density at radius 1 is 1.31 bits per heavy atom. The summed E-state index contributed by atoms with van der Waals surface area (Å²) in [5, 5.41) is 6.21. The quantitative estimate of drug-likeness (QED) is 0.326. The summed E-state index contributed by atoms with van der Waals surface area (Å²) in [5.74, 6) is 1.41. The van der Waals surface area contributed by atoms with Gasteiger partial charge in [0.05, 0.1) is 18.7 Å². The Bertz CT molecular complexity index is 707. The summed E-state index contributed by atoms with van der Waals surface area (Å²) in [7, 11) is 3.32. The van der Waals surface area contributed by atoms with Crippen LogP contribution in [0.5, 0.6) is 0 Å². The minimum absolute atomic E-state index is 0. The largest absolute Gasteiger partial charge is 0.416 e. The summed E-state index contributed by atoms with van der Waals surface area (Å²) in [6.45, 7) is 2.99. The highest BCUT2D eigenvalue weighted by Crippen LogP contribution is 2.36. The first-order chi connectivity index (χ1) is 13.1. The van der Waals surface area contributed by atoms with E-state index in [2.05, 4.69) is 22.5 Å². The number of benzene rings is 1. The molecule has 164 valence electrons. The zero-order chi connectivity index (χ0) is 20.8. The van der Waals surface area contributed by atoms with E-state index in [1.165, 1.54) is 11.0 Å². The number of aliphatic imine (C=N–C) groups is 1. The van der Waals surface area contributed by atoms with Crippen LogP contribution in [0, 0.1) is 0 Å². The van der Waals surface area contributed by atoms with Gasteiger partial charge >= 0.3 is 6.18 Å². The van der Waals surface area contributed by atoms with E-state index in [0.29, 0.717) is 18.1 Å². The van der Waals surface area contributed by atoms with Crippen molar-refractivity contribution >= 4 is 47.6 Å². The maximum absolute atomic E-state index is 12.9. The Labute approximate surface area is 191 Å². The van der Waals surface area contributed by atoms with E-state index in [9.17, 15) is 18.0 Å². The van der Waals surface area contributed by atoms with Crippen molar-refractivity contribution < 1.29 is 18.0 Å². The van der Waals surface area contributed by atoms with E-state index in [4.69, 9.17) is 0 Å². The van der Waals surface area contributed by atoms with Crippen LogP contribution in [-0.4, -0.2) is 54.5 Å². The number of likely N-dealkylation sites (N-methyl/N-ethyl adjacent to an activating group) is 1. The highest BCUT2D eigenvalue weighted by molar-refractivity contribution is 14.0. The van der Waals surface area contributed by atoms with Crippen LogP contribution in [0.25, 0.3) is 0 Å². The van der Waals surface area contributed by atoms with Crippen molar-refractivity contribution in [3.8, 4) is 0 Å². The number of halogens is 4. The number of alkyl halides is 3. The third kappa shape index (κ3) is 8.61. The van der Waals surface area contributed by atoms with Crippen LogP contribution in [0.15, 0.2) is 29.3 Å². The summed E-state index contributed by atoms with van der Waals surface area (Å²) in [6, 6.07) is 5.12. The molecule has 2 N–H and O–H groups in total. The molecular formula is C19H28F3IN4OS. The molecule has 1 aliphatic rings. The fraction of sp³-hybridized carbons (Fsp3) is 0.579. The second-order valence-corrected chi connectivity index (χ2v) is 8.94. The summed E-state index contributed by atoms with van der Waals surface area (Å²) < 4.78 is 38.7. The van der Waals surface area contributed by atoms with Crippen LogP contribution >= 0.6 is 35.7 Å². The fourth-order valence-electron chi connectivity index (χ4n) is 2.76. The lowest BCUT2D eigenvalue weighted by molar-refractivity contribution is -0.137. The predicted octanol–water partition coefficient (Wildman–Crippen LogP) is 3.73. The van der Waals surface area contributed by atoms with Crippen molar-refractivity contribution in [2.75, 3.05) is 32.9 Å². The minimum atomic E-state index is -4.38. The lowest BCUT2D eigenvalue weighted by Crippen LogP contribution is -2.46. The molecule has 0 bridgehead atoms. The summed E-state index contributed by atoms with van der Waals surface area (Å²) in [4.78, 5) is 17.7. The first-order valence-electron chi connectivity index (χ1n) is 9.11. The zero-order valence-electron chi connectivity index (χ0n) is 16.8. The molecule has 1 fully saturated rings. The van der Waals surface area contributed by atoms with E-state index < -0.39 is 11.7 Å². The number of hydrogen-bond acceptors (Lipinski definition) is 3. The molecule has 0 saturated carbocycles. The number of amides is 1. The number of nitrogens with one attached hydrogen (secondary N) is 2. The SMILES string of the molecule is CN(C)C(=O)CNC(=NCc1cccc(C(F)(F)F)c1)NCC1(C)CCCS1.I. The van der Waals surface area contributed by atoms with E-state index >= 15 is 0 Å². The van der Waals surface area contributed by atoms with Crippen molar-refractivity contribution in [3.05, 3.63) is 35.4 Å². The molecular weight excluding hydrogens is 516 g/mol. The zero-order valence-corrected chi connectivity index (χ0v) is 20.0. The topological polar surface area (TPSA) is 56.7 Å². The van der Waals surface area contributed by atoms with Crippen LogP contribution in [0.3, 0.4) is 0 Å². The number of rotatable bonds is 6. The summed E-state index contributed by atoms with van der Waals surface area (Å²) >= 11 is 1.89. The average Bonchev–Trinajstić information content (AvgIpc) is 3.07. The number of thioether (sulfide) groups is 1. The normalized spacial score (nSPS) is 19.4. The Morgan fingerprint density at radius 3 is 2.62 bits per heavy atom. The smallest absolute Gasteiger partial charge is 0.355 e. The van der Waals surface area contributed by atoms with Gasteiger partial charge in [0.1, 0.15) is 0 Å². The minimum Gasteiger partial charge on any atom is -0.355 e. The number of nitrogens with zero attached hydrogens (tertiary/aromatic N) is 2. The van der Waals surface area contributed by atoms with Gasteiger partial charge in [0.2, 0.25) is 5.91 Å². The van der Waals surface area contributed by atoms with Crippen molar-refractivity contribution in [1.29, 1.82) is 0 Å². The lowest BCUT2D eigenvalue weighted by atomic mass is 10.1. The van der Waals surface area contributed by atoms with Crippen LogP contribution in [0.1, 0.15) is 30.9 Å². The molecule has 1 unspecified atom stereocenters. The average molecular weight is 544 g/mol. The fourth-order valence-corrected chi connectivity index (χ4v) is 4.00. The number of hydrogen-bond donors (Lipinski definition) is 2. The van der Waals surface area contributed by atoms with Crippen molar-refractivity contribution in [1.82, 2.24) is 15.5 Å². The third-order valence-electron chi connectivity index (χ3n) is 4.51. The van der Waals surface area contributed by atoms with Gasteiger partial charge in [-0.2, -0.15) is 24.9 Å². The molecule has 0 aliphatic carbocycles. The van der Waals surface area contributed by atoms with Crippen LogP contribution in [0.4, 0.5) is 13.2 Å². The van der Waals surface area contributed by atoms with Gasteiger partial charge in [-0.05, 0) is 43.2 Å². The van der Waals surface area contributed by atoms with Gasteiger partial charge in [-0.3, -0.25) is 4.79 Å². The van der Waals surface area contributed by atoms with Gasteiger partial charge in [-0.15, -0.1) is 24.0 Å². The molecule has 0 spiro atoms. The van der Waals surface area contributed by atoms with Crippen LogP contribution in [0.2, 0.25) is 0 Å². The predicted molar refractivity (Wildman–Crippen MR) is 123 cm³/mol. The second-order valence-electron chi connectivity index (χ2n) is 7.26. The molecule has 2 rings (SSSR count). The molecule has 1 aromatic rings. The standard InChI is InChI=1S/C19H27F3N4OS.HI/c1-18(8-5-9-28-18)13-25-17(24-12-16(27)26(2)3)23-11-14-6-4-7-15(10-14)19(20,21)22;/h4,6-7,10H,5,8-9,11-13H2,1-3H3,(H2,23,24,25);1H. The first-order valence-corrected chi connectivity index (χ1v) is 10.1. The van der Waals surface area contributed by atoms with Crippen LogP contribution in [-0.2, 0) is 17.5 Å². The highest BCUT2D eigenvalue weighted by atomic mass is 127. The van der Waals surface area contributed by atoms with Gasteiger partial charge in [0.25, 0.3) is 0 Å². The Morgan fingerprint density at radius 2 is 2.03 bits per heavy atom. The summed E-state index contributed by atoms with van der Waals surface area (Å²) in [6.07, 6.45) is -2.14. The van der Waals surface area contributed by atoms with Crippen molar-refractivity contribution in [2.24, 2.45) is 4.99 Å². The van der Waals surface area contributed by atoms with Gasteiger partial charge in [0.15, 0.2) is 5.96 Å². The number of carbonyl (C=O) groups is 1. The molecule has 1 heterocycles. The molecule has 0 aromatic heterocycles. The molecule has 5 nitrogen and oxygen atoms in total. The first kappa shape index (κ1) is 25.9. The van der Waals surface area contributed by atoms with E-state index in [-0.39, 0.29) is 47.7 Å². The summed E-state index contributed by atoms with van der Waals surface area (Å²) in [5.41, 5.74) is -0.239. The van der Waals surface area contributed by atoms with E-state index in [1.807, 2.05) is 11.8 Å². The Balaban J connectivity index is 0.00000420. The van der Waals surface area contributed by atoms with Crippen LogP contribution < -0.4 is 10.6 Å². The maximum atomic E-state index is 12.9. The monoisotopic (exact) mass is 544 g/mol. The van der Waals surface area contributed by atoms with Gasteiger partial charge in [0, 0.05) is 25.4 Å². The third-order valence-corrected chi connectivity index (χ3v) is 6.05. The lowest BCUT2D eigenvalue weighted by Gasteiger charge is -2.24. The van der Waals surface area contributed by atoms with Gasteiger partial charge < -0.3 is 15.5 Å². The Hall–Kier alpha value is -1.17.